The fourth-order valence-electron chi connectivity index (χ4n) is 2.94. The molecule has 0 amide bonds. The molecule has 0 fully saturated rings. The van der Waals surface area contributed by atoms with Gasteiger partial charge in [0.25, 0.3) is 0 Å². The molecular weight excluding hydrogens is 218 g/mol. The molecular formula is C17H19N. The van der Waals surface area contributed by atoms with Crippen LogP contribution in [-0.2, 0) is 6.42 Å². The molecule has 0 bridgehead atoms. The molecule has 92 valence electrons. The van der Waals surface area contributed by atoms with Crippen LogP contribution < -0.4 is 4.90 Å². The highest BCUT2D eigenvalue weighted by Gasteiger charge is 2.21. The molecule has 1 heteroatoms. The first-order valence-corrected chi connectivity index (χ1v) is 6.76. The van der Waals surface area contributed by atoms with Gasteiger partial charge >= 0.3 is 0 Å². The van der Waals surface area contributed by atoms with E-state index in [1.54, 1.807) is 0 Å². The molecule has 1 atom stereocenters. The van der Waals surface area contributed by atoms with Gasteiger partial charge in [-0.25, -0.2) is 0 Å². The van der Waals surface area contributed by atoms with Gasteiger partial charge in [-0.1, -0.05) is 42.5 Å². The highest BCUT2D eigenvalue weighted by Crippen LogP contribution is 2.32. The smallest absolute Gasteiger partial charge is 0.0516 e. The summed E-state index contributed by atoms with van der Waals surface area (Å²) >= 11 is 0. The van der Waals surface area contributed by atoms with Crippen molar-refractivity contribution in [1.82, 2.24) is 0 Å². The lowest BCUT2D eigenvalue weighted by Crippen LogP contribution is -2.26. The van der Waals surface area contributed by atoms with Gasteiger partial charge in [0, 0.05) is 12.2 Å². The first-order chi connectivity index (χ1) is 8.86. The number of benzene rings is 2. The Morgan fingerprint density at radius 3 is 2.50 bits per heavy atom. The number of nitrogens with zero attached hydrogens (tertiary/aromatic N) is 1. The number of rotatable bonds is 1. The van der Waals surface area contributed by atoms with Gasteiger partial charge in [-0.05, 0) is 43.0 Å². The maximum atomic E-state index is 2.52. The summed E-state index contributed by atoms with van der Waals surface area (Å²) in [5, 5.41) is 0. The lowest BCUT2D eigenvalue weighted by atomic mass is 9.99. The summed E-state index contributed by atoms with van der Waals surface area (Å²) in [6, 6.07) is 20.1. The van der Waals surface area contributed by atoms with E-state index < -0.39 is 0 Å². The molecule has 1 aliphatic rings. The minimum Gasteiger partial charge on any atom is -0.365 e. The molecule has 2 aromatic carbocycles. The maximum absolute atomic E-state index is 2.52. The molecule has 3 rings (SSSR count). The third-order valence-electron chi connectivity index (χ3n) is 3.91. The number of para-hydroxylation sites is 1. The number of fused-ring (bicyclic) bond motifs is 1. The Morgan fingerprint density at radius 2 is 1.67 bits per heavy atom. The Labute approximate surface area is 109 Å². The summed E-state index contributed by atoms with van der Waals surface area (Å²) in [7, 11) is 0. The van der Waals surface area contributed by atoms with E-state index >= 15 is 0 Å². The third kappa shape index (κ3) is 2.01. The van der Waals surface area contributed by atoms with Crippen LogP contribution in [0.4, 0.5) is 5.69 Å². The zero-order valence-electron chi connectivity index (χ0n) is 10.8. The molecule has 1 aliphatic heterocycles. The summed E-state index contributed by atoms with van der Waals surface area (Å²) in [5.41, 5.74) is 4.34. The predicted octanol–water partition coefficient (Wildman–Crippen LogP) is 4.20. The van der Waals surface area contributed by atoms with Crippen molar-refractivity contribution in [3.8, 4) is 0 Å². The van der Waals surface area contributed by atoms with Gasteiger partial charge in [-0.2, -0.15) is 0 Å². The van der Waals surface area contributed by atoms with E-state index in [0.29, 0.717) is 6.04 Å². The van der Waals surface area contributed by atoms with Crippen LogP contribution in [0, 0.1) is 0 Å². The molecule has 0 aliphatic carbocycles. The molecule has 0 radical (unpaired) electrons. The van der Waals surface area contributed by atoms with Crippen LogP contribution in [0.2, 0.25) is 0 Å². The van der Waals surface area contributed by atoms with E-state index in [4.69, 9.17) is 0 Å². The van der Waals surface area contributed by atoms with Crippen molar-refractivity contribution in [3.63, 3.8) is 0 Å². The quantitative estimate of drug-likeness (QED) is 0.718. The number of aryl methyl sites for hydroxylation is 1. The Bertz CT molecular complexity index is 518. The first-order valence-electron chi connectivity index (χ1n) is 6.76. The van der Waals surface area contributed by atoms with Gasteiger partial charge in [-0.3, -0.25) is 0 Å². The molecule has 1 nitrogen and oxygen atoms in total. The molecule has 0 aromatic heterocycles. The van der Waals surface area contributed by atoms with E-state index in [-0.39, 0.29) is 0 Å². The van der Waals surface area contributed by atoms with Crippen LogP contribution in [0.3, 0.4) is 0 Å². The second-order valence-corrected chi connectivity index (χ2v) is 5.01. The van der Waals surface area contributed by atoms with Crippen LogP contribution in [-0.4, -0.2) is 6.54 Å². The highest BCUT2D eigenvalue weighted by molar-refractivity contribution is 5.50. The molecule has 0 saturated heterocycles. The van der Waals surface area contributed by atoms with E-state index in [1.807, 2.05) is 0 Å². The predicted molar refractivity (Wildman–Crippen MR) is 77.0 cm³/mol. The zero-order chi connectivity index (χ0) is 12.4. The monoisotopic (exact) mass is 237 g/mol. The number of anilines is 1. The molecule has 1 heterocycles. The van der Waals surface area contributed by atoms with Gasteiger partial charge in [0.1, 0.15) is 0 Å². The first kappa shape index (κ1) is 11.3. The topological polar surface area (TPSA) is 3.24 Å². The van der Waals surface area contributed by atoms with Crippen molar-refractivity contribution >= 4 is 5.69 Å². The van der Waals surface area contributed by atoms with Crippen LogP contribution in [0.25, 0.3) is 0 Å². The van der Waals surface area contributed by atoms with Gasteiger partial charge in [-0.15, -0.1) is 0 Å². The molecule has 0 N–H and O–H groups in total. The van der Waals surface area contributed by atoms with Gasteiger partial charge in [0.2, 0.25) is 0 Å². The second kappa shape index (κ2) is 4.85. The maximum Gasteiger partial charge on any atom is 0.0516 e. The average molecular weight is 237 g/mol. The van der Waals surface area contributed by atoms with Crippen LogP contribution in [0.5, 0.6) is 0 Å². The fraction of sp³-hybridized carbons (Fsp3) is 0.294. The molecule has 0 spiro atoms. The number of hydrogen-bond acceptors (Lipinski definition) is 1. The van der Waals surface area contributed by atoms with Crippen LogP contribution in [0.1, 0.15) is 30.5 Å². The largest absolute Gasteiger partial charge is 0.365 e. The van der Waals surface area contributed by atoms with Crippen molar-refractivity contribution in [2.75, 3.05) is 11.4 Å². The summed E-state index contributed by atoms with van der Waals surface area (Å²) in [5.74, 6) is 0. The fourth-order valence-corrected chi connectivity index (χ4v) is 2.94. The van der Waals surface area contributed by atoms with E-state index in [2.05, 4.69) is 66.4 Å². The third-order valence-corrected chi connectivity index (χ3v) is 3.91. The summed E-state index contributed by atoms with van der Waals surface area (Å²) in [4.78, 5) is 2.52. The van der Waals surface area contributed by atoms with Gasteiger partial charge in [0.05, 0.1) is 6.04 Å². The molecule has 0 saturated carbocycles. The lowest BCUT2D eigenvalue weighted by molar-refractivity contribution is 0.672. The number of hydrogen-bond donors (Lipinski definition) is 0. The Kier molecular flexibility index (Phi) is 3.06. The standard InChI is InChI=1S/C17H19N/c1-14-17-12-6-5-8-15(17)9-7-13-18(14)16-10-3-2-4-11-16/h2-6,8,10-12,14H,7,9,13H2,1H3. The van der Waals surface area contributed by atoms with Crippen LogP contribution in [0.15, 0.2) is 54.6 Å². The molecule has 2 aromatic rings. The van der Waals surface area contributed by atoms with Crippen molar-refractivity contribution in [2.24, 2.45) is 0 Å². The minimum absolute atomic E-state index is 0.464. The van der Waals surface area contributed by atoms with Crippen LogP contribution >= 0.6 is 0 Å². The van der Waals surface area contributed by atoms with E-state index in [1.165, 1.54) is 29.7 Å². The highest BCUT2D eigenvalue weighted by atomic mass is 15.2. The van der Waals surface area contributed by atoms with E-state index in [0.717, 1.165) is 6.54 Å². The summed E-state index contributed by atoms with van der Waals surface area (Å²) < 4.78 is 0. The normalized spacial score (nSPS) is 19.2. The minimum atomic E-state index is 0.464. The van der Waals surface area contributed by atoms with Crippen molar-refractivity contribution < 1.29 is 0 Å². The molecule has 1 unspecified atom stereocenters. The Hall–Kier alpha value is -1.76. The van der Waals surface area contributed by atoms with Crippen molar-refractivity contribution in [2.45, 2.75) is 25.8 Å². The van der Waals surface area contributed by atoms with Crippen molar-refractivity contribution in [3.05, 3.63) is 65.7 Å². The molecule has 18 heavy (non-hydrogen) atoms. The summed E-state index contributed by atoms with van der Waals surface area (Å²) in [6.45, 7) is 3.46. The Balaban J connectivity index is 1.99. The summed E-state index contributed by atoms with van der Waals surface area (Å²) in [6.07, 6.45) is 2.43. The lowest BCUT2D eigenvalue weighted by Gasteiger charge is -2.30. The van der Waals surface area contributed by atoms with E-state index in [9.17, 15) is 0 Å². The van der Waals surface area contributed by atoms with Crippen molar-refractivity contribution in [1.29, 1.82) is 0 Å². The average Bonchev–Trinajstić information content (AvgIpc) is 2.60. The Morgan fingerprint density at radius 1 is 0.944 bits per heavy atom. The zero-order valence-corrected chi connectivity index (χ0v) is 10.8. The SMILES string of the molecule is CC1c2ccccc2CCCN1c1ccccc1. The van der Waals surface area contributed by atoms with Gasteiger partial charge in [0.15, 0.2) is 0 Å². The van der Waals surface area contributed by atoms with Gasteiger partial charge < -0.3 is 4.90 Å². The second-order valence-electron chi connectivity index (χ2n) is 5.01.